The zero-order chi connectivity index (χ0) is 13.1. The number of nitrogens with one attached hydrogen (secondary N) is 1. The van der Waals surface area contributed by atoms with Gasteiger partial charge in [0.25, 0.3) is 0 Å². The Balaban J connectivity index is 1.56. The number of hydrogen-bond acceptors (Lipinski definition) is 5. The molecule has 100 valence electrons. The van der Waals surface area contributed by atoms with Crippen molar-refractivity contribution in [3.05, 3.63) is 30.2 Å². The van der Waals surface area contributed by atoms with Crippen LogP contribution < -0.4 is 5.32 Å². The molecule has 0 amide bonds. The Labute approximate surface area is 111 Å². The molecule has 0 aliphatic heterocycles. The molecule has 1 saturated carbocycles. The van der Waals surface area contributed by atoms with E-state index in [4.69, 9.17) is 4.42 Å². The molecule has 1 aromatic carbocycles. The van der Waals surface area contributed by atoms with Crippen molar-refractivity contribution in [2.24, 2.45) is 0 Å². The molecule has 2 aromatic rings. The third-order valence-corrected chi connectivity index (χ3v) is 3.14. The van der Waals surface area contributed by atoms with E-state index < -0.39 is 0 Å². The third kappa shape index (κ3) is 3.32. The Morgan fingerprint density at radius 3 is 3.00 bits per heavy atom. The first kappa shape index (κ1) is 12.2. The van der Waals surface area contributed by atoms with Gasteiger partial charge in [0.05, 0.1) is 0 Å². The zero-order valence-corrected chi connectivity index (χ0v) is 10.7. The summed E-state index contributed by atoms with van der Waals surface area (Å²) in [5, 5.41) is 20.9. The van der Waals surface area contributed by atoms with Gasteiger partial charge < -0.3 is 14.8 Å². The largest absolute Gasteiger partial charge is 0.508 e. The summed E-state index contributed by atoms with van der Waals surface area (Å²) in [5.74, 6) is 1.31. The van der Waals surface area contributed by atoms with Crippen LogP contribution in [-0.4, -0.2) is 27.9 Å². The first-order chi connectivity index (χ1) is 9.31. The summed E-state index contributed by atoms with van der Waals surface area (Å²) in [6.07, 6.45) is 4.40. The SMILES string of the molecule is Oc1cccc(-c2nnc(CCCNC3CC3)o2)c1. The number of aryl methyl sites for hydroxylation is 1. The van der Waals surface area contributed by atoms with E-state index in [-0.39, 0.29) is 5.75 Å². The minimum atomic E-state index is 0.200. The quantitative estimate of drug-likeness (QED) is 0.778. The van der Waals surface area contributed by atoms with Crippen molar-refractivity contribution in [1.29, 1.82) is 0 Å². The van der Waals surface area contributed by atoms with E-state index >= 15 is 0 Å². The molecule has 5 heteroatoms. The maximum Gasteiger partial charge on any atom is 0.247 e. The molecule has 1 fully saturated rings. The molecular weight excluding hydrogens is 242 g/mol. The van der Waals surface area contributed by atoms with Gasteiger partial charge in [0.1, 0.15) is 5.75 Å². The number of phenolic OH excluding ortho intramolecular Hbond substituents is 1. The summed E-state index contributed by atoms with van der Waals surface area (Å²) in [4.78, 5) is 0. The topological polar surface area (TPSA) is 71.2 Å². The smallest absolute Gasteiger partial charge is 0.247 e. The van der Waals surface area contributed by atoms with Crippen LogP contribution >= 0.6 is 0 Å². The lowest BCUT2D eigenvalue weighted by Crippen LogP contribution is -2.17. The van der Waals surface area contributed by atoms with Crippen LogP contribution in [0.3, 0.4) is 0 Å². The Morgan fingerprint density at radius 2 is 2.21 bits per heavy atom. The van der Waals surface area contributed by atoms with E-state index in [0.717, 1.165) is 31.0 Å². The molecule has 3 rings (SSSR count). The van der Waals surface area contributed by atoms with Crippen LogP contribution in [0.5, 0.6) is 5.75 Å². The Bertz CT molecular complexity index is 549. The van der Waals surface area contributed by atoms with Gasteiger partial charge in [-0.1, -0.05) is 6.07 Å². The predicted octanol–water partition coefficient (Wildman–Crippen LogP) is 2.13. The Hall–Kier alpha value is -1.88. The van der Waals surface area contributed by atoms with Gasteiger partial charge in [-0.3, -0.25) is 0 Å². The molecule has 19 heavy (non-hydrogen) atoms. The molecule has 0 bridgehead atoms. The zero-order valence-electron chi connectivity index (χ0n) is 10.7. The molecule has 0 saturated heterocycles. The monoisotopic (exact) mass is 259 g/mol. The standard InChI is InChI=1S/C14H17N3O2/c18-12-4-1-3-10(9-12)14-17-16-13(19-14)5-2-8-15-11-6-7-11/h1,3-4,9,11,15,18H,2,5-8H2. The number of aromatic hydroxyl groups is 1. The van der Waals surface area contributed by atoms with Crippen molar-refractivity contribution in [3.63, 3.8) is 0 Å². The van der Waals surface area contributed by atoms with E-state index in [1.54, 1.807) is 18.2 Å². The number of nitrogens with zero attached hydrogens (tertiary/aromatic N) is 2. The second-order valence-corrected chi connectivity index (χ2v) is 4.88. The van der Waals surface area contributed by atoms with Crippen LogP contribution in [-0.2, 0) is 6.42 Å². The van der Waals surface area contributed by atoms with Crippen molar-refractivity contribution in [2.45, 2.75) is 31.7 Å². The number of hydrogen-bond donors (Lipinski definition) is 2. The predicted molar refractivity (Wildman–Crippen MR) is 70.7 cm³/mol. The molecule has 1 heterocycles. The summed E-state index contributed by atoms with van der Waals surface area (Å²) in [6, 6.07) is 7.57. The lowest BCUT2D eigenvalue weighted by atomic mass is 10.2. The van der Waals surface area contributed by atoms with Gasteiger partial charge in [0, 0.05) is 18.0 Å². The highest BCUT2D eigenvalue weighted by Gasteiger charge is 2.19. The van der Waals surface area contributed by atoms with Crippen LogP contribution in [0.25, 0.3) is 11.5 Å². The van der Waals surface area contributed by atoms with Gasteiger partial charge in [-0.15, -0.1) is 10.2 Å². The summed E-state index contributed by atoms with van der Waals surface area (Å²) >= 11 is 0. The highest BCUT2D eigenvalue weighted by Crippen LogP contribution is 2.22. The fraction of sp³-hybridized carbons (Fsp3) is 0.429. The molecule has 1 aliphatic rings. The van der Waals surface area contributed by atoms with Crippen molar-refractivity contribution in [1.82, 2.24) is 15.5 Å². The minimum absolute atomic E-state index is 0.200. The lowest BCUT2D eigenvalue weighted by Gasteiger charge is -1.99. The lowest BCUT2D eigenvalue weighted by molar-refractivity contribution is 0.473. The number of phenols is 1. The average molecular weight is 259 g/mol. The maximum absolute atomic E-state index is 9.41. The number of rotatable bonds is 6. The van der Waals surface area contributed by atoms with Gasteiger partial charge in [-0.2, -0.15) is 0 Å². The van der Waals surface area contributed by atoms with Crippen LogP contribution in [0.15, 0.2) is 28.7 Å². The second-order valence-electron chi connectivity index (χ2n) is 4.88. The Kier molecular flexibility index (Phi) is 3.46. The van der Waals surface area contributed by atoms with E-state index in [1.165, 1.54) is 12.8 Å². The molecule has 5 nitrogen and oxygen atoms in total. The van der Waals surface area contributed by atoms with Crippen molar-refractivity contribution in [2.75, 3.05) is 6.54 Å². The van der Waals surface area contributed by atoms with Gasteiger partial charge >= 0.3 is 0 Å². The third-order valence-electron chi connectivity index (χ3n) is 3.14. The molecule has 0 spiro atoms. The average Bonchev–Trinajstić information content (AvgIpc) is 3.11. The van der Waals surface area contributed by atoms with E-state index in [0.29, 0.717) is 11.8 Å². The van der Waals surface area contributed by atoms with Gasteiger partial charge in [-0.25, -0.2) is 0 Å². The van der Waals surface area contributed by atoms with Crippen LogP contribution in [0.4, 0.5) is 0 Å². The van der Waals surface area contributed by atoms with Crippen LogP contribution in [0, 0.1) is 0 Å². The molecule has 0 radical (unpaired) electrons. The normalized spacial score (nSPS) is 14.7. The maximum atomic E-state index is 9.41. The summed E-state index contributed by atoms with van der Waals surface area (Å²) in [7, 11) is 0. The van der Waals surface area contributed by atoms with E-state index in [9.17, 15) is 5.11 Å². The molecule has 0 unspecified atom stereocenters. The van der Waals surface area contributed by atoms with Crippen molar-refractivity contribution >= 4 is 0 Å². The molecule has 1 aromatic heterocycles. The summed E-state index contributed by atoms with van der Waals surface area (Å²) in [5.41, 5.74) is 0.745. The highest BCUT2D eigenvalue weighted by molar-refractivity contribution is 5.54. The molecule has 0 atom stereocenters. The van der Waals surface area contributed by atoms with Crippen molar-refractivity contribution < 1.29 is 9.52 Å². The number of benzene rings is 1. The van der Waals surface area contributed by atoms with Crippen LogP contribution in [0.1, 0.15) is 25.2 Å². The fourth-order valence-electron chi connectivity index (χ4n) is 1.94. The van der Waals surface area contributed by atoms with Gasteiger partial charge in [-0.05, 0) is 44.0 Å². The number of aromatic nitrogens is 2. The van der Waals surface area contributed by atoms with E-state index in [2.05, 4.69) is 15.5 Å². The fourth-order valence-corrected chi connectivity index (χ4v) is 1.94. The Morgan fingerprint density at radius 1 is 1.32 bits per heavy atom. The second kappa shape index (κ2) is 5.40. The van der Waals surface area contributed by atoms with Gasteiger partial charge in [0.2, 0.25) is 11.8 Å². The molecule has 2 N–H and O–H groups in total. The van der Waals surface area contributed by atoms with Crippen molar-refractivity contribution in [3.8, 4) is 17.2 Å². The molecular formula is C14H17N3O2. The van der Waals surface area contributed by atoms with E-state index in [1.807, 2.05) is 6.07 Å². The minimum Gasteiger partial charge on any atom is -0.508 e. The summed E-state index contributed by atoms with van der Waals surface area (Å²) in [6.45, 7) is 0.995. The van der Waals surface area contributed by atoms with Gasteiger partial charge in [0.15, 0.2) is 0 Å². The first-order valence-corrected chi connectivity index (χ1v) is 6.66. The highest BCUT2D eigenvalue weighted by atomic mass is 16.4. The first-order valence-electron chi connectivity index (χ1n) is 6.66. The summed E-state index contributed by atoms with van der Waals surface area (Å²) < 4.78 is 5.59. The molecule has 1 aliphatic carbocycles. The van der Waals surface area contributed by atoms with Crippen LogP contribution in [0.2, 0.25) is 0 Å².